The Kier molecular flexibility index (Phi) is 7.29. The van der Waals surface area contributed by atoms with Gasteiger partial charge in [-0.3, -0.25) is 5.41 Å². The van der Waals surface area contributed by atoms with E-state index in [1.54, 1.807) is 6.21 Å². The Morgan fingerprint density at radius 3 is 2.02 bits per heavy atom. The molecule has 8 rings (SSSR count). The van der Waals surface area contributed by atoms with Crippen molar-refractivity contribution < 1.29 is 4.42 Å². The summed E-state index contributed by atoms with van der Waals surface area (Å²) in [6.45, 7) is 0. The highest BCUT2D eigenvalue weighted by atomic mass is 16.3. The molecule has 0 aliphatic rings. The molecule has 0 atom stereocenters. The molecule has 4 heteroatoms. The van der Waals surface area contributed by atoms with E-state index in [0.29, 0.717) is 11.4 Å². The summed E-state index contributed by atoms with van der Waals surface area (Å²) in [7, 11) is 0. The Morgan fingerprint density at radius 1 is 0.553 bits per heavy atom. The fourth-order valence-electron chi connectivity index (χ4n) is 6.16. The highest BCUT2D eigenvalue weighted by Gasteiger charge is 2.19. The average Bonchev–Trinajstić information content (AvgIpc) is 3.53. The van der Waals surface area contributed by atoms with Crippen LogP contribution >= 0.6 is 0 Å². The van der Waals surface area contributed by atoms with Crippen molar-refractivity contribution in [1.82, 2.24) is 0 Å². The van der Waals surface area contributed by atoms with Crippen LogP contribution in [0.2, 0.25) is 0 Å². The van der Waals surface area contributed by atoms with Crippen molar-refractivity contribution in [3.8, 4) is 22.3 Å². The van der Waals surface area contributed by atoms with Gasteiger partial charge in [0.25, 0.3) is 0 Å². The first-order valence-electron chi connectivity index (χ1n) is 15.6. The minimum atomic E-state index is 0.111. The third-order valence-electron chi connectivity index (χ3n) is 8.46. The van der Waals surface area contributed by atoms with Gasteiger partial charge in [-0.2, -0.15) is 0 Å². The van der Waals surface area contributed by atoms with Crippen molar-refractivity contribution in [2.45, 2.75) is 0 Å². The molecular weight excluding hydrogens is 574 g/mol. The first-order valence-corrected chi connectivity index (χ1v) is 15.6. The zero-order chi connectivity index (χ0) is 31.6. The van der Waals surface area contributed by atoms with Crippen LogP contribution in [0.4, 0.5) is 0 Å². The number of para-hydroxylation sites is 1. The molecule has 8 aromatic rings. The SMILES string of the molecule is N=C(N=C(N=Cc1ccccc1)c1ccc(-c2cccc3ccccc23)cc1)c1ccc(-c2ccccc2)c2oc3ccccc3c12. The molecule has 0 aliphatic heterocycles. The minimum absolute atomic E-state index is 0.111. The second kappa shape index (κ2) is 12.2. The van der Waals surface area contributed by atoms with Crippen molar-refractivity contribution in [1.29, 1.82) is 5.41 Å². The Bertz CT molecular complexity index is 2450. The highest BCUT2D eigenvalue weighted by Crippen LogP contribution is 2.38. The van der Waals surface area contributed by atoms with Crippen molar-refractivity contribution in [2.24, 2.45) is 9.98 Å². The molecule has 222 valence electrons. The molecule has 4 nitrogen and oxygen atoms in total. The number of amidine groups is 2. The van der Waals surface area contributed by atoms with Gasteiger partial charge in [-0.25, -0.2) is 9.98 Å². The first kappa shape index (κ1) is 28.1. The van der Waals surface area contributed by atoms with Gasteiger partial charge >= 0.3 is 0 Å². The summed E-state index contributed by atoms with van der Waals surface area (Å²) in [4.78, 5) is 9.72. The molecule has 0 aliphatic carbocycles. The maximum absolute atomic E-state index is 9.33. The second-order valence-electron chi connectivity index (χ2n) is 11.4. The summed E-state index contributed by atoms with van der Waals surface area (Å²) in [6, 6.07) is 55.2. The molecule has 1 N–H and O–H groups in total. The van der Waals surface area contributed by atoms with Gasteiger partial charge in [0.05, 0.1) is 0 Å². The lowest BCUT2D eigenvalue weighted by Crippen LogP contribution is -2.05. The summed E-state index contributed by atoms with van der Waals surface area (Å²) in [5.41, 5.74) is 8.27. The smallest absolute Gasteiger partial charge is 0.161 e. The lowest BCUT2D eigenvalue weighted by Gasteiger charge is -2.10. The van der Waals surface area contributed by atoms with E-state index in [-0.39, 0.29) is 5.84 Å². The normalized spacial score (nSPS) is 12.0. The fourth-order valence-corrected chi connectivity index (χ4v) is 6.16. The quantitative estimate of drug-likeness (QED) is 0.154. The number of furan rings is 1. The largest absolute Gasteiger partial charge is 0.455 e. The molecule has 0 amide bonds. The molecule has 47 heavy (non-hydrogen) atoms. The lowest BCUT2D eigenvalue weighted by molar-refractivity contribution is 0.670. The summed E-state index contributed by atoms with van der Waals surface area (Å²) in [5.74, 6) is 0.566. The maximum atomic E-state index is 9.33. The minimum Gasteiger partial charge on any atom is -0.455 e. The average molecular weight is 604 g/mol. The number of hydrogen-bond donors (Lipinski definition) is 1. The first-order chi connectivity index (χ1) is 23.2. The van der Waals surface area contributed by atoms with Gasteiger partial charge in [0.2, 0.25) is 0 Å². The Labute approximate surface area is 272 Å². The number of benzene rings is 7. The van der Waals surface area contributed by atoms with E-state index < -0.39 is 0 Å². The zero-order valence-corrected chi connectivity index (χ0v) is 25.5. The molecule has 0 saturated heterocycles. The van der Waals surface area contributed by atoms with Gasteiger partial charge in [-0.15, -0.1) is 0 Å². The third-order valence-corrected chi connectivity index (χ3v) is 8.46. The van der Waals surface area contributed by atoms with E-state index in [1.165, 1.54) is 16.3 Å². The van der Waals surface area contributed by atoms with Crippen LogP contribution in [0.1, 0.15) is 16.7 Å². The predicted molar refractivity (Wildman–Crippen MR) is 196 cm³/mol. The maximum Gasteiger partial charge on any atom is 0.161 e. The van der Waals surface area contributed by atoms with Gasteiger partial charge in [0.15, 0.2) is 11.7 Å². The van der Waals surface area contributed by atoms with Crippen LogP contribution in [0.15, 0.2) is 178 Å². The highest BCUT2D eigenvalue weighted by molar-refractivity contribution is 6.22. The van der Waals surface area contributed by atoms with E-state index >= 15 is 0 Å². The summed E-state index contributed by atoms with van der Waals surface area (Å²) in [5, 5.41) is 13.6. The van der Waals surface area contributed by atoms with E-state index in [9.17, 15) is 5.41 Å². The predicted octanol–water partition coefficient (Wildman–Crippen LogP) is 11.0. The third kappa shape index (κ3) is 5.43. The number of rotatable bonds is 5. The van der Waals surface area contributed by atoms with Crippen LogP contribution in [-0.4, -0.2) is 17.9 Å². The molecule has 1 heterocycles. The standard InChI is InChI=1S/C43H29N3O/c44-42(38-27-26-36(31-14-5-2-6-15-31)41-40(38)37-19-9-10-21-39(37)47-41)46-43(45-28-29-12-3-1-4-13-29)33-24-22-32(23-25-33)35-20-11-17-30-16-7-8-18-34(30)35/h1-28,44H. The second-order valence-corrected chi connectivity index (χ2v) is 11.4. The number of fused-ring (bicyclic) bond motifs is 4. The molecular formula is C43H29N3O. The van der Waals surface area contributed by atoms with Crippen LogP contribution in [0, 0.1) is 5.41 Å². The van der Waals surface area contributed by atoms with Crippen LogP contribution in [0.3, 0.4) is 0 Å². The van der Waals surface area contributed by atoms with E-state index in [0.717, 1.165) is 49.8 Å². The van der Waals surface area contributed by atoms with Crippen molar-refractivity contribution in [3.05, 3.63) is 180 Å². The van der Waals surface area contributed by atoms with Gasteiger partial charge in [0, 0.05) is 33.7 Å². The topological polar surface area (TPSA) is 61.7 Å². The number of hydrogen-bond acceptors (Lipinski definition) is 2. The molecule has 0 saturated carbocycles. The van der Waals surface area contributed by atoms with Crippen LogP contribution < -0.4 is 0 Å². The fraction of sp³-hybridized carbons (Fsp3) is 0. The van der Waals surface area contributed by atoms with E-state index in [1.807, 2.05) is 97.1 Å². The van der Waals surface area contributed by atoms with Gasteiger partial charge < -0.3 is 4.42 Å². The van der Waals surface area contributed by atoms with Crippen molar-refractivity contribution in [2.75, 3.05) is 0 Å². The van der Waals surface area contributed by atoms with Crippen LogP contribution in [0.5, 0.6) is 0 Å². The van der Waals surface area contributed by atoms with Crippen LogP contribution in [0.25, 0.3) is 55.0 Å². The van der Waals surface area contributed by atoms with Gasteiger partial charge in [0.1, 0.15) is 11.2 Å². The monoisotopic (exact) mass is 603 g/mol. The zero-order valence-electron chi connectivity index (χ0n) is 25.5. The number of nitrogens with zero attached hydrogens (tertiary/aromatic N) is 2. The molecule has 7 aromatic carbocycles. The Hall–Kier alpha value is -6.39. The van der Waals surface area contributed by atoms with E-state index in [2.05, 4.69) is 66.7 Å². The molecule has 0 bridgehead atoms. The molecule has 0 spiro atoms. The van der Waals surface area contributed by atoms with E-state index in [4.69, 9.17) is 14.4 Å². The summed E-state index contributed by atoms with van der Waals surface area (Å²) >= 11 is 0. The molecule has 1 aromatic heterocycles. The van der Waals surface area contributed by atoms with Crippen molar-refractivity contribution in [3.63, 3.8) is 0 Å². The molecule has 0 fully saturated rings. The molecule has 0 unspecified atom stereocenters. The van der Waals surface area contributed by atoms with Gasteiger partial charge in [-0.05, 0) is 51.2 Å². The van der Waals surface area contributed by atoms with Crippen LogP contribution in [-0.2, 0) is 0 Å². The number of nitrogens with one attached hydrogen (secondary N) is 1. The van der Waals surface area contributed by atoms with Crippen molar-refractivity contribution >= 4 is 50.6 Å². The summed E-state index contributed by atoms with van der Waals surface area (Å²) < 4.78 is 6.43. The summed E-state index contributed by atoms with van der Waals surface area (Å²) in [6.07, 6.45) is 1.80. The Balaban J connectivity index is 1.25. The van der Waals surface area contributed by atoms with Gasteiger partial charge in [-0.1, -0.05) is 146 Å². The molecule has 0 radical (unpaired) electrons. The number of aliphatic imine (C=N–C) groups is 2. The lowest BCUT2D eigenvalue weighted by atomic mass is 9.97. The Morgan fingerprint density at radius 2 is 1.21 bits per heavy atom.